The highest BCUT2D eigenvalue weighted by Gasteiger charge is 2.49. The molecule has 0 aromatic heterocycles. The molecular formula is C33H34ClNO9. The first-order valence-electron chi connectivity index (χ1n) is 14.2. The lowest BCUT2D eigenvalue weighted by Crippen LogP contribution is -2.53. The number of carbonyl (C=O) groups excluding carboxylic acids is 3. The SMILES string of the molecule is CC(=O)[C@]1(O)Cc2c(O)c3c(c(O)c2[C@@H](OC2CC(N)C(OCc4ccccc4)C(C)O2)C1)C(=O)c1ccccc1C3=O.Cl. The summed E-state index contributed by atoms with van der Waals surface area (Å²) in [6.07, 6.45) is -3.52. The number of carbonyl (C=O) groups is 3. The second kappa shape index (κ2) is 12.0. The molecule has 3 aromatic carbocycles. The summed E-state index contributed by atoms with van der Waals surface area (Å²) in [5, 5.41) is 34.3. The molecule has 1 heterocycles. The van der Waals surface area contributed by atoms with E-state index in [1.54, 1.807) is 19.1 Å². The van der Waals surface area contributed by atoms with Crippen molar-refractivity contribution in [2.45, 2.75) is 76.0 Å². The molecule has 0 radical (unpaired) electrons. The molecule has 0 amide bonds. The van der Waals surface area contributed by atoms with Gasteiger partial charge in [0.1, 0.15) is 17.1 Å². The van der Waals surface area contributed by atoms with E-state index in [1.165, 1.54) is 19.1 Å². The third-order valence-corrected chi connectivity index (χ3v) is 8.75. The molecule has 6 rings (SSSR count). The number of nitrogens with two attached hydrogens (primary N) is 1. The van der Waals surface area contributed by atoms with E-state index in [2.05, 4.69) is 0 Å². The van der Waals surface area contributed by atoms with Crippen molar-refractivity contribution in [1.82, 2.24) is 0 Å². The predicted molar refractivity (Wildman–Crippen MR) is 160 cm³/mol. The van der Waals surface area contributed by atoms with Crippen LogP contribution in [-0.2, 0) is 32.0 Å². The lowest BCUT2D eigenvalue weighted by atomic mass is 9.72. The van der Waals surface area contributed by atoms with Crippen LogP contribution in [0.5, 0.6) is 11.5 Å². The fourth-order valence-electron chi connectivity index (χ4n) is 6.44. The van der Waals surface area contributed by atoms with Crippen molar-refractivity contribution in [2.24, 2.45) is 5.73 Å². The van der Waals surface area contributed by atoms with Gasteiger partial charge in [-0.25, -0.2) is 0 Å². The number of aromatic hydroxyl groups is 2. The third kappa shape index (κ3) is 5.32. The van der Waals surface area contributed by atoms with E-state index in [9.17, 15) is 29.7 Å². The number of hydrogen-bond donors (Lipinski definition) is 4. The highest BCUT2D eigenvalue weighted by Crippen LogP contribution is 2.52. The highest BCUT2D eigenvalue weighted by molar-refractivity contribution is 6.30. The first kappa shape index (κ1) is 31.8. The van der Waals surface area contributed by atoms with Crippen LogP contribution in [0.2, 0.25) is 0 Å². The van der Waals surface area contributed by atoms with Crippen LogP contribution in [0.3, 0.4) is 0 Å². The second-order valence-corrected chi connectivity index (χ2v) is 11.6. The molecule has 6 atom stereocenters. The van der Waals surface area contributed by atoms with Gasteiger partial charge in [-0.3, -0.25) is 14.4 Å². The summed E-state index contributed by atoms with van der Waals surface area (Å²) < 4.78 is 18.5. The van der Waals surface area contributed by atoms with E-state index in [1.807, 2.05) is 30.3 Å². The number of ketones is 3. The standard InChI is InChI=1S/C33H33NO9.ClH/c1-16-32(41-15-18-8-4-3-5-9-18)22(34)12-24(42-16)43-23-14-33(40,17(2)35)13-21-25(23)31(39)27-26(30(21)38)28(36)19-10-6-7-11-20(19)29(27)37;/h3-11,16,22-24,32,38-40H,12-15,34H2,1-2H3;1H/t16?,22?,23-,24?,32?,33-;/m0./s1. The number of phenolic OH excluding ortho intramolecular Hbond substituents is 2. The first-order chi connectivity index (χ1) is 20.5. The third-order valence-electron chi connectivity index (χ3n) is 8.75. The number of aliphatic hydroxyl groups is 1. The monoisotopic (exact) mass is 623 g/mol. The number of ether oxygens (including phenoxy) is 3. The summed E-state index contributed by atoms with van der Waals surface area (Å²) >= 11 is 0. The van der Waals surface area contributed by atoms with Crippen molar-refractivity contribution >= 4 is 29.8 Å². The Hall–Kier alpha value is -3.64. The number of rotatable bonds is 6. The summed E-state index contributed by atoms with van der Waals surface area (Å²) in [6.45, 7) is 3.35. The molecular weight excluding hydrogens is 590 g/mol. The van der Waals surface area contributed by atoms with Crippen molar-refractivity contribution in [3.05, 3.63) is 93.5 Å². The van der Waals surface area contributed by atoms with Gasteiger partial charge in [-0.05, 0) is 19.4 Å². The number of hydrogen-bond acceptors (Lipinski definition) is 10. The number of Topliss-reactive ketones (excluding diaryl/α,β-unsaturated/α-hetero) is 1. The fraction of sp³-hybridized carbons (Fsp3) is 0.364. The minimum atomic E-state index is -1.97. The second-order valence-electron chi connectivity index (χ2n) is 11.6. The van der Waals surface area contributed by atoms with E-state index < -0.39 is 65.1 Å². The van der Waals surface area contributed by atoms with Crippen molar-refractivity contribution in [3.63, 3.8) is 0 Å². The van der Waals surface area contributed by atoms with E-state index >= 15 is 0 Å². The largest absolute Gasteiger partial charge is 0.507 e. The number of phenols is 2. The molecule has 5 N–H and O–H groups in total. The average Bonchev–Trinajstić information content (AvgIpc) is 2.97. The van der Waals surface area contributed by atoms with Crippen molar-refractivity contribution in [2.75, 3.05) is 0 Å². The van der Waals surface area contributed by atoms with Gasteiger partial charge in [-0.1, -0.05) is 54.6 Å². The summed E-state index contributed by atoms with van der Waals surface area (Å²) in [7, 11) is 0. The Morgan fingerprint density at radius 2 is 1.59 bits per heavy atom. The molecule has 0 bridgehead atoms. The van der Waals surface area contributed by atoms with Gasteiger partial charge in [0.2, 0.25) is 0 Å². The smallest absolute Gasteiger partial charge is 0.198 e. The first-order valence-corrected chi connectivity index (χ1v) is 14.2. The van der Waals surface area contributed by atoms with Crippen LogP contribution in [0.25, 0.3) is 0 Å². The maximum Gasteiger partial charge on any atom is 0.198 e. The van der Waals surface area contributed by atoms with Crippen molar-refractivity contribution < 1.29 is 43.9 Å². The molecule has 3 aromatic rings. The molecule has 1 fully saturated rings. The van der Waals surface area contributed by atoms with Gasteiger partial charge < -0.3 is 35.3 Å². The Labute approximate surface area is 260 Å². The van der Waals surface area contributed by atoms with Gasteiger partial charge in [0, 0.05) is 47.6 Å². The van der Waals surface area contributed by atoms with E-state index in [0.29, 0.717) is 6.61 Å². The zero-order valence-electron chi connectivity index (χ0n) is 24.2. The van der Waals surface area contributed by atoms with E-state index in [4.69, 9.17) is 19.9 Å². The zero-order chi connectivity index (χ0) is 30.6. The Kier molecular flexibility index (Phi) is 8.69. The molecule has 0 spiro atoms. The minimum absolute atomic E-state index is 0. The van der Waals surface area contributed by atoms with Gasteiger partial charge in [-0.2, -0.15) is 0 Å². The van der Waals surface area contributed by atoms with Gasteiger partial charge in [-0.15, -0.1) is 12.4 Å². The Morgan fingerprint density at radius 3 is 2.18 bits per heavy atom. The van der Waals surface area contributed by atoms with Gasteiger partial charge in [0.25, 0.3) is 0 Å². The van der Waals surface area contributed by atoms with Crippen LogP contribution in [0.1, 0.15) is 81.3 Å². The molecule has 1 aliphatic heterocycles. The summed E-state index contributed by atoms with van der Waals surface area (Å²) in [6, 6.07) is 15.3. The lowest BCUT2D eigenvalue weighted by molar-refractivity contribution is -0.254. The van der Waals surface area contributed by atoms with Crippen molar-refractivity contribution in [3.8, 4) is 11.5 Å². The highest BCUT2D eigenvalue weighted by atomic mass is 35.5. The summed E-state index contributed by atoms with van der Waals surface area (Å²) in [5.74, 6) is -2.97. The number of fused-ring (bicyclic) bond motifs is 3. The molecule has 10 nitrogen and oxygen atoms in total. The van der Waals surface area contributed by atoms with Crippen LogP contribution in [0.4, 0.5) is 0 Å². The predicted octanol–water partition coefficient (Wildman–Crippen LogP) is 3.67. The molecule has 0 saturated carbocycles. The van der Waals surface area contributed by atoms with Gasteiger partial charge in [0.15, 0.2) is 23.6 Å². The molecule has 3 aliphatic rings. The normalized spacial score (nSPS) is 27.5. The minimum Gasteiger partial charge on any atom is -0.507 e. The molecule has 4 unspecified atom stereocenters. The lowest BCUT2D eigenvalue weighted by Gasteiger charge is -2.43. The maximum absolute atomic E-state index is 13.5. The Morgan fingerprint density at radius 1 is 1.00 bits per heavy atom. The van der Waals surface area contributed by atoms with Crippen LogP contribution < -0.4 is 5.73 Å². The molecule has 1 saturated heterocycles. The molecule has 44 heavy (non-hydrogen) atoms. The van der Waals surface area contributed by atoms with E-state index in [0.717, 1.165) is 5.56 Å². The molecule has 232 valence electrons. The number of benzene rings is 3. The van der Waals surface area contributed by atoms with Crippen LogP contribution in [0, 0.1) is 0 Å². The maximum atomic E-state index is 13.5. The Bertz CT molecular complexity index is 1620. The molecule has 11 heteroatoms. The van der Waals surface area contributed by atoms with Crippen LogP contribution in [0.15, 0.2) is 54.6 Å². The zero-order valence-corrected chi connectivity index (χ0v) is 25.0. The average molecular weight is 624 g/mol. The number of halogens is 1. The quantitative estimate of drug-likeness (QED) is 0.233. The Balaban J connectivity index is 0.00000384. The van der Waals surface area contributed by atoms with Crippen LogP contribution >= 0.6 is 12.4 Å². The van der Waals surface area contributed by atoms with Gasteiger partial charge >= 0.3 is 0 Å². The topological polar surface area (TPSA) is 166 Å². The molecule has 2 aliphatic carbocycles. The van der Waals surface area contributed by atoms with Gasteiger partial charge in [0.05, 0.1) is 36.0 Å². The summed E-state index contributed by atoms with van der Waals surface area (Å²) in [4.78, 5) is 39.6. The van der Waals surface area contributed by atoms with Crippen LogP contribution in [-0.4, -0.2) is 62.8 Å². The fourth-order valence-corrected chi connectivity index (χ4v) is 6.44. The van der Waals surface area contributed by atoms with Crippen molar-refractivity contribution in [1.29, 1.82) is 0 Å². The van der Waals surface area contributed by atoms with E-state index in [-0.39, 0.29) is 65.1 Å². The summed E-state index contributed by atoms with van der Waals surface area (Å²) in [5.41, 5.74) is 4.96.